The molecular formula is C23H15ClN2O4. The van der Waals surface area contributed by atoms with Gasteiger partial charge >= 0.3 is 0 Å². The zero-order chi connectivity index (χ0) is 21.3. The first kappa shape index (κ1) is 19.5. The SMILES string of the molecule is CC1=C(C#N)C(=O)N(Cc2ccco2)C(=O)/C1=C/c1ccc(-c2ccc(Cl)cc2)o1. The predicted molar refractivity (Wildman–Crippen MR) is 110 cm³/mol. The molecule has 1 aliphatic heterocycles. The molecule has 0 aliphatic carbocycles. The molecule has 6 nitrogen and oxygen atoms in total. The molecule has 0 radical (unpaired) electrons. The number of amides is 2. The van der Waals surface area contributed by atoms with Crippen LogP contribution < -0.4 is 0 Å². The summed E-state index contributed by atoms with van der Waals surface area (Å²) in [4.78, 5) is 26.7. The molecule has 2 amide bonds. The summed E-state index contributed by atoms with van der Waals surface area (Å²) in [6, 6.07) is 15.9. The lowest BCUT2D eigenvalue weighted by Crippen LogP contribution is -2.42. The summed E-state index contributed by atoms with van der Waals surface area (Å²) in [5.74, 6) is 0.308. The third-order valence-electron chi connectivity index (χ3n) is 4.76. The van der Waals surface area contributed by atoms with Crippen LogP contribution in [0, 0.1) is 11.3 Å². The van der Waals surface area contributed by atoms with Crippen LogP contribution in [0.3, 0.4) is 0 Å². The number of nitrogens with zero attached hydrogens (tertiary/aromatic N) is 2. The summed E-state index contributed by atoms with van der Waals surface area (Å²) in [6.07, 6.45) is 2.99. The minimum Gasteiger partial charge on any atom is -0.467 e. The lowest BCUT2D eigenvalue weighted by Gasteiger charge is -2.26. The van der Waals surface area contributed by atoms with E-state index in [-0.39, 0.29) is 17.7 Å². The van der Waals surface area contributed by atoms with Gasteiger partial charge in [0.2, 0.25) is 0 Å². The van der Waals surface area contributed by atoms with E-state index >= 15 is 0 Å². The van der Waals surface area contributed by atoms with E-state index in [0.29, 0.717) is 27.9 Å². The molecule has 7 heteroatoms. The lowest BCUT2D eigenvalue weighted by molar-refractivity contribution is -0.141. The molecule has 0 bridgehead atoms. The number of rotatable bonds is 4. The fourth-order valence-corrected chi connectivity index (χ4v) is 3.30. The third-order valence-corrected chi connectivity index (χ3v) is 5.01. The van der Waals surface area contributed by atoms with Gasteiger partial charge in [-0.15, -0.1) is 0 Å². The van der Waals surface area contributed by atoms with E-state index in [1.165, 1.54) is 12.3 Å². The number of furan rings is 2. The van der Waals surface area contributed by atoms with Crippen molar-refractivity contribution < 1.29 is 18.4 Å². The molecule has 0 N–H and O–H groups in total. The molecule has 0 atom stereocenters. The van der Waals surface area contributed by atoms with Crippen molar-refractivity contribution in [3.63, 3.8) is 0 Å². The Hall–Kier alpha value is -3.82. The van der Waals surface area contributed by atoms with Gasteiger partial charge in [-0.1, -0.05) is 11.6 Å². The second-order valence-corrected chi connectivity index (χ2v) is 7.09. The standard InChI is InChI=1S/C23H15ClN2O4/c1-14-19(11-17-8-9-21(30-17)15-4-6-16(24)7-5-15)22(27)26(23(28)20(14)12-25)13-18-3-2-10-29-18/h2-11H,13H2,1H3/b19-11+. The smallest absolute Gasteiger partial charge is 0.272 e. The Labute approximate surface area is 177 Å². The van der Waals surface area contributed by atoms with Gasteiger partial charge in [-0.2, -0.15) is 5.26 Å². The molecule has 2 aromatic heterocycles. The number of carbonyl (C=O) groups excluding carboxylic acids is 2. The molecule has 0 unspecified atom stereocenters. The van der Waals surface area contributed by atoms with Crippen molar-refractivity contribution in [1.29, 1.82) is 5.26 Å². The lowest BCUT2D eigenvalue weighted by atomic mass is 9.94. The van der Waals surface area contributed by atoms with E-state index in [4.69, 9.17) is 20.4 Å². The van der Waals surface area contributed by atoms with E-state index in [9.17, 15) is 14.9 Å². The van der Waals surface area contributed by atoms with Gasteiger partial charge in [0.05, 0.1) is 12.8 Å². The number of benzene rings is 1. The van der Waals surface area contributed by atoms with Gasteiger partial charge in [-0.3, -0.25) is 14.5 Å². The van der Waals surface area contributed by atoms with Crippen LogP contribution in [0.2, 0.25) is 5.02 Å². The molecule has 0 fully saturated rings. The van der Waals surface area contributed by atoms with Crippen LogP contribution in [0.1, 0.15) is 18.4 Å². The van der Waals surface area contributed by atoms with Crippen LogP contribution in [0.25, 0.3) is 17.4 Å². The molecule has 0 saturated heterocycles. The van der Waals surface area contributed by atoms with Crippen LogP contribution in [0.5, 0.6) is 0 Å². The van der Waals surface area contributed by atoms with Crippen LogP contribution in [-0.2, 0) is 16.1 Å². The van der Waals surface area contributed by atoms with Crippen LogP contribution in [0.15, 0.2) is 80.3 Å². The highest BCUT2D eigenvalue weighted by molar-refractivity contribution is 6.30. The Morgan fingerprint density at radius 2 is 1.87 bits per heavy atom. The van der Waals surface area contributed by atoms with Crippen LogP contribution in [-0.4, -0.2) is 16.7 Å². The molecule has 1 aromatic carbocycles. The molecule has 30 heavy (non-hydrogen) atoms. The summed E-state index contributed by atoms with van der Waals surface area (Å²) >= 11 is 5.92. The largest absolute Gasteiger partial charge is 0.467 e. The monoisotopic (exact) mass is 418 g/mol. The van der Waals surface area contributed by atoms with Crippen molar-refractivity contribution in [1.82, 2.24) is 4.90 Å². The minimum atomic E-state index is -0.644. The highest BCUT2D eigenvalue weighted by Crippen LogP contribution is 2.30. The number of halogens is 1. The molecule has 3 aromatic rings. The summed E-state index contributed by atoms with van der Waals surface area (Å²) in [7, 11) is 0. The van der Waals surface area contributed by atoms with Gasteiger partial charge in [0.15, 0.2) is 0 Å². The first-order valence-electron chi connectivity index (χ1n) is 9.05. The van der Waals surface area contributed by atoms with E-state index in [1.54, 1.807) is 43.3 Å². The van der Waals surface area contributed by atoms with Crippen molar-refractivity contribution in [3.05, 3.63) is 88.1 Å². The highest BCUT2D eigenvalue weighted by atomic mass is 35.5. The van der Waals surface area contributed by atoms with Gasteiger partial charge < -0.3 is 8.83 Å². The van der Waals surface area contributed by atoms with Crippen LogP contribution in [0.4, 0.5) is 0 Å². The number of imide groups is 1. The summed E-state index contributed by atoms with van der Waals surface area (Å²) < 4.78 is 11.1. The molecule has 1 aliphatic rings. The molecule has 0 spiro atoms. The third kappa shape index (κ3) is 3.59. The minimum absolute atomic E-state index is 0.0609. The van der Waals surface area contributed by atoms with Crippen LogP contribution >= 0.6 is 11.6 Å². The summed E-state index contributed by atoms with van der Waals surface area (Å²) in [5, 5.41) is 10.1. The number of nitriles is 1. The average molecular weight is 419 g/mol. The summed E-state index contributed by atoms with van der Waals surface area (Å²) in [5.41, 5.74) is 1.28. The summed E-state index contributed by atoms with van der Waals surface area (Å²) in [6.45, 7) is 1.52. The van der Waals surface area contributed by atoms with E-state index < -0.39 is 11.8 Å². The van der Waals surface area contributed by atoms with Gasteiger partial charge in [0.1, 0.15) is 28.9 Å². The Bertz CT molecular complexity index is 1220. The first-order valence-corrected chi connectivity index (χ1v) is 9.43. The second kappa shape index (κ2) is 7.90. The zero-order valence-corrected chi connectivity index (χ0v) is 16.6. The molecule has 4 rings (SSSR count). The van der Waals surface area contributed by atoms with Crippen molar-refractivity contribution in [3.8, 4) is 17.4 Å². The average Bonchev–Trinajstić information content (AvgIpc) is 3.42. The topological polar surface area (TPSA) is 87.5 Å². The zero-order valence-electron chi connectivity index (χ0n) is 15.9. The maximum atomic E-state index is 13.0. The number of hydrogen-bond donors (Lipinski definition) is 0. The molecule has 0 saturated carbocycles. The van der Waals surface area contributed by atoms with E-state index in [0.717, 1.165) is 10.5 Å². The van der Waals surface area contributed by atoms with Gasteiger partial charge in [-0.25, -0.2) is 0 Å². The molecule has 148 valence electrons. The first-order chi connectivity index (χ1) is 14.5. The highest BCUT2D eigenvalue weighted by Gasteiger charge is 2.36. The Balaban J connectivity index is 1.71. The Morgan fingerprint density at radius 1 is 1.10 bits per heavy atom. The second-order valence-electron chi connectivity index (χ2n) is 6.65. The number of carbonyl (C=O) groups is 2. The van der Waals surface area contributed by atoms with E-state index in [2.05, 4.69) is 0 Å². The van der Waals surface area contributed by atoms with Crippen molar-refractivity contribution in [2.45, 2.75) is 13.5 Å². The Kier molecular flexibility index (Phi) is 5.13. The van der Waals surface area contributed by atoms with Crippen molar-refractivity contribution in [2.24, 2.45) is 0 Å². The number of hydrogen-bond acceptors (Lipinski definition) is 5. The Morgan fingerprint density at radius 3 is 2.53 bits per heavy atom. The van der Waals surface area contributed by atoms with Gasteiger partial charge in [0.25, 0.3) is 11.8 Å². The van der Waals surface area contributed by atoms with Gasteiger partial charge in [-0.05, 0) is 67.1 Å². The fraction of sp³-hybridized carbons (Fsp3) is 0.0870. The normalized spacial score (nSPS) is 15.8. The quantitative estimate of drug-likeness (QED) is 0.440. The fourth-order valence-electron chi connectivity index (χ4n) is 3.17. The van der Waals surface area contributed by atoms with E-state index in [1.807, 2.05) is 18.2 Å². The van der Waals surface area contributed by atoms with Crippen molar-refractivity contribution in [2.75, 3.05) is 0 Å². The molecule has 3 heterocycles. The molecular weight excluding hydrogens is 404 g/mol. The van der Waals surface area contributed by atoms with Crippen molar-refractivity contribution >= 4 is 29.5 Å². The maximum Gasteiger partial charge on any atom is 0.272 e. The predicted octanol–water partition coefficient (Wildman–Crippen LogP) is 4.99. The maximum absolute atomic E-state index is 13.0. The van der Waals surface area contributed by atoms with Gasteiger partial charge in [0, 0.05) is 16.2 Å².